The molecule has 0 radical (unpaired) electrons. The first-order chi connectivity index (χ1) is 16.6. The van der Waals surface area contributed by atoms with Crippen LogP contribution >= 0.6 is 0 Å². The van der Waals surface area contributed by atoms with Crippen LogP contribution in [0.25, 0.3) is 0 Å². The average Bonchev–Trinajstić information content (AvgIpc) is 3.33. The zero-order valence-electron chi connectivity index (χ0n) is 18.5. The molecule has 1 aliphatic heterocycles. The van der Waals surface area contributed by atoms with E-state index in [4.69, 9.17) is 4.74 Å². The number of nitrogens with zero attached hydrogens (tertiary/aromatic N) is 2. The number of anilines is 1. The highest BCUT2D eigenvalue weighted by Gasteiger charge is 2.30. The van der Waals surface area contributed by atoms with Crippen LogP contribution in [-0.4, -0.2) is 21.2 Å². The summed E-state index contributed by atoms with van der Waals surface area (Å²) < 4.78 is 33.9. The van der Waals surface area contributed by atoms with E-state index >= 15 is 0 Å². The third kappa shape index (κ3) is 4.58. The van der Waals surface area contributed by atoms with Gasteiger partial charge in [-0.3, -0.25) is 9.30 Å². The second-order valence-corrected chi connectivity index (χ2v) is 9.88. The molecule has 170 valence electrons. The SMILES string of the molecule is O=S(=O)(c1ccc(N=Cc2ccccc2OCc2ccccc2)cc1)N1CCc2ccccc21. The molecule has 0 saturated heterocycles. The molecule has 0 amide bonds. The standard InChI is InChI=1S/C28H24N2O3S/c31-34(32,30-19-18-23-10-4-6-12-27(23)30)26-16-14-25(15-17-26)29-20-24-11-5-7-13-28(24)33-21-22-8-2-1-3-9-22/h1-17,20H,18-19,21H2. The molecule has 0 aromatic heterocycles. The van der Waals surface area contributed by atoms with E-state index in [0.717, 1.165) is 34.5 Å². The lowest BCUT2D eigenvalue weighted by Gasteiger charge is -2.19. The molecule has 4 aromatic rings. The van der Waals surface area contributed by atoms with Crippen LogP contribution in [0.1, 0.15) is 16.7 Å². The van der Waals surface area contributed by atoms with E-state index in [1.165, 1.54) is 4.31 Å². The van der Waals surface area contributed by atoms with Gasteiger partial charge in [-0.1, -0.05) is 60.7 Å². The highest BCUT2D eigenvalue weighted by atomic mass is 32.2. The molecular weight excluding hydrogens is 444 g/mol. The van der Waals surface area contributed by atoms with Gasteiger partial charge < -0.3 is 4.74 Å². The fraction of sp³-hybridized carbons (Fsp3) is 0.107. The van der Waals surface area contributed by atoms with Gasteiger partial charge in [0.25, 0.3) is 10.0 Å². The summed E-state index contributed by atoms with van der Waals surface area (Å²) in [5.41, 5.74) is 4.42. The maximum Gasteiger partial charge on any atom is 0.264 e. The van der Waals surface area contributed by atoms with E-state index in [2.05, 4.69) is 4.99 Å². The number of hydrogen-bond donors (Lipinski definition) is 0. The second-order valence-electron chi connectivity index (χ2n) is 8.02. The summed E-state index contributed by atoms with van der Waals surface area (Å²) in [5.74, 6) is 0.738. The number of ether oxygens (including phenoxy) is 1. The first-order valence-electron chi connectivity index (χ1n) is 11.1. The number of aliphatic imine (C=N–C) groups is 1. The highest BCUT2D eigenvalue weighted by molar-refractivity contribution is 7.92. The summed E-state index contributed by atoms with van der Waals surface area (Å²) in [7, 11) is -3.61. The molecule has 0 atom stereocenters. The minimum absolute atomic E-state index is 0.259. The summed E-state index contributed by atoms with van der Waals surface area (Å²) in [6, 6.07) is 32.0. The van der Waals surface area contributed by atoms with Crippen LogP contribution in [0, 0.1) is 0 Å². The van der Waals surface area contributed by atoms with E-state index in [-0.39, 0.29) is 4.90 Å². The zero-order chi connectivity index (χ0) is 23.4. The molecule has 6 heteroatoms. The average molecular weight is 469 g/mol. The second kappa shape index (κ2) is 9.53. The lowest BCUT2D eigenvalue weighted by Crippen LogP contribution is -2.29. The molecule has 5 rings (SSSR count). The minimum Gasteiger partial charge on any atom is -0.488 e. The van der Waals surface area contributed by atoms with Crippen LogP contribution in [0.3, 0.4) is 0 Å². The zero-order valence-corrected chi connectivity index (χ0v) is 19.4. The Hall–Kier alpha value is -3.90. The van der Waals surface area contributed by atoms with Gasteiger partial charge in [0.2, 0.25) is 0 Å². The van der Waals surface area contributed by atoms with Gasteiger partial charge in [-0.25, -0.2) is 8.42 Å². The summed E-state index contributed by atoms with van der Waals surface area (Å²) >= 11 is 0. The first kappa shape index (κ1) is 21.9. The maximum absolute atomic E-state index is 13.2. The van der Waals surface area contributed by atoms with E-state index in [1.54, 1.807) is 30.5 Å². The molecule has 0 N–H and O–H groups in total. The summed E-state index contributed by atoms with van der Waals surface area (Å²) in [5, 5.41) is 0. The highest BCUT2D eigenvalue weighted by Crippen LogP contribution is 2.33. The van der Waals surface area contributed by atoms with Gasteiger partial charge in [-0.15, -0.1) is 0 Å². The van der Waals surface area contributed by atoms with E-state index < -0.39 is 10.0 Å². The molecule has 4 aromatic carbocycles. The van der Waals surface area contributed by atoms with E-state index in [0.29, 0.717) is 18.8 Å². The van der Waals surface area contributed by atoms with Gasteiger partial charge in [0.1, 0.15) is 12.4 Å². The third-order valence-corrected chi connectivity index (χ3v) is 7.61. The van der Waals surface area contributed by atoms with Crippen LogP contribution in [0.2, 0.25) is 0 Å². The smallest absolute Gasteiger partial charge is 0.264 e. The van der Waals surface area contributed by atoms with Crippen LogP contribution in [0.5, 0.6) is 5.75 Å². The molecule has 0 aliphatic carbocycles. The number of para-hydroxylation sites is 2. The van der Waals surface area contributed by atoms with Gasteiger partial charge in [-0.2, -0.15) is 0 Å². The number of fused-ring (bicyclic) bond motifs is 1. The van der Waals surface area contributed by atoms with E-state index in [1.807, 2.05) is 78.9 Å². The molecule has 0 unspecified atom stereocenters. The van der Waals surface area contributed by atoms with Crippen molar-refractivity contribution in [2.45, 2.75) is 17.9 Å². The van der Waals surface area contributed by atoms with Crippen LogP contribution in [-0.2, 0) is 23.1 Å². The Morgan fingerprint density at radius 3 is 2.35 bits per heavy atom. The Kier molecular flexibility index (Phi) is 6.14. The van der Waals surface area contributed by atoms with Crippen molar-refractivity contribution >= 4 is 27.6 Å². The topological polar surface area (TPSA) is 59.0 Å². The quantitative estimate of drug-likeness (QED) is 0.324. The maximum atomic E-state index is 13.2. The van der Waals surface area contributed by atoms with Crippen molar-refractivity contribution in [3.8, 4) is 5.75 Å². The Bertz CT molecular complexity index is 1420. The number of rotatable bonds is 7. The van der Waals surface area contributed by atoms with Crippen molar-refractivity contribution in [2.75, 3.05) is 10.8 Å². The fourth-order valence-corrected chi connectivity index (χ4v) is 5.49. The van der Waals surface area contributed by atoms with Crippen LogP contribution in [0.4, 0.5) is 11.4 Å². The molecule has 0 bridgehead atoms. The number of benzene rings is 4. The molecule has 0 fully saturated rings. The normalized spacial score (nSPS) is 13.2. The third-order valence-electron chi connectivity index (χ3n) is 5.78. The van der Waals surface area contributed by atoms with Crippen LogP contribution in [0.15, 0.2) is 113 Å². The van der Waals surface area contributed by atoms with Gasteiger partial charge in [0.05, 0.1) is 16.3 Å². The van der Waals surface area contributed by atoms with Crippen molar-refractivity contribution < 1.29 is 13.2 Å². The van der Waals surface area contributed by atoms with Crippen molar-refractivity contribution in [2.24, 2.45) is 4.99 Å². The number of hydrogen-bond acceptors (Lipinski definition) is 4. The Morgan fingerprint density at radius 1 is 0.824 bits per heavy atom. The number of sulfonamides is 1. The Labute approximate surface area is 200 Å². The lowest BCUT2D eigenvalue weighted by molar-refractivity contribution is 0.306. The lowest BCUT2D eigenvalue weighted by atomic mass is 10.2. The fourth-order valence-electron chi connectivity index (χ4n) is 3.99. The molecule has 0 spiro atoms. The Morgan fingerprint density at radius 2 is 1.53 bits per heavy atom. The minimum atomic E-state index is -3.61. The van der Waals surface area contributed by atoms with Crippen molar-refractivity contribution in [3.05, 3.63) is 120 Å². The molecule has 1 aliphatic rings. The predicted octanol–water partition coefficient (Wildman–Crippen LogP) is 5.77. The largest absolute Gasteiger partial charge is 0.488 e. The van der Waals surface area contributed by atoms with Crippen molar-refractivity contribution in [1.29, 1.82) is 0 Å². The van der Waals surface area contributed by atoms with Gasteiger partial charge in [-0.05, 0) is 60.0 Å². The first-order valence-corrected chi connectivity index (χ1v) is 12.6. The summed E-state index contributed by atoms with van der Waals surface area (Å²) in [6.45, 7) is 0.930. The molecule has 34 heavy (non-hydrogen) atoms. The van der Waals surface area contributed by atoms with Gasteiger partial charge >= 0.3 is 0 Å². The summed E-state index contributed by atoms with van der Waals surface area (Å²) in [6.07, 6.45) is 2.46. The molecule has 0 saturated carbocycles. The summed E-state index contributed by atoms with van der Waals surface area (Å²) in [4.78, 5) is 4.79. The monoisotopic (exact) mass is 468 g/mol. The molecule has 5 nitrogen and oxygen atoms in total. The van der Waals surface area contributed by atoms with Gasteiger partial charge in [0.15, 0.2) is 0 Å². The van der Waals surface area contributed by atoms with Crippen LogP contribution < -0.4 is 9.04 Å². The molecule has 1 heterocycles. The Balaban J connectivity index is 1.31. The van der Waals surface area contributed by atoms with Gasteiger partial charge in [0, 0.05) is 18.3 Å². The molecular formula is C28H24N2O3S. The predicted molar refractivity (Wildman–Crippen MR) is 136 cm³/mol. The van der Waals surface area contributed by atoms with Crippen molar-refractivity contribution in [1.82, 2.24) is 0 Å². The van der Waals surface area contributed by atoms with E-state index in [9.17, 15) is 8.42 Å². The van der Waals surface area contributed by atoms with Crippen molar-refractivity contribution in [3.63, 3.8) is 0 Å².